The largest absolute Gasteiger partial charge is 0.368 e. The Hall–Kier alpha value is 0.140. The minimum atomic E-state index is -1.46. The van der Waals surface area contributed by atoms with E-state index in [1.807, 2.05) is 6.92 Å². The highest BCUT2D eigenvalue weighted by Gasteiger charge is 2.21. The highest BCUT2D eigenvalue weighted by Crippen LogP contribution is 2.27. The van der Waals surface area contributed by atoms with Gasteiger partial charge in [-0.05, 0) is 12.0 Å². The molecule has 0 aliphatic rings. The fourth-order valence-corrected chi connectivity index (χ4v) is 0.990. The fraction of sp³-hybridized carbons (Fsp3) is 1.00. The number of alkyl halides is 3. The first-order valence-electron chi connectivity index (χ1n) is 4.22. The van der Waals surface area contributed by atoms with Crippen molar-refractivity contribution in [3.05, 3.63) is 10.4 Å². The van der Waals surface area contributed by atoms with Gasteiger partial charge in [0, 0.05) is 4.91 Å². The van der Waals surface area contributed by atoms with Crippen molar-refractivity contribution in [2.24, 2.45) is 5.11 Å². The molecule has 0 radical (unpaired) electrons. The van der Waals surface area contributed by atoms with Crippen LogP contribution in [0.4, 0.5) is 0 Å². The zero-order valence-electron chi connectivity index (χ0n) is 7.79. The second kappa shape index (κ2) is 7.43. The molecule has 14 heavy (non-hydrogen) atoms. The second-order valence-electron chi connectivity index (χ2n) is 2.73. The quantitative estimate of drug-likeness (QED) is 0.305. The van der Waals surface area contributed by atoms with Crippen molar-refractivity contribution >= 4 is 34.8 Å². The predicted octanol–water partition coefficient (Wildman–Crippen LogP) is 4.20. The molecule has 0 aromatic heterocycles. The summed E-state index contributed by atoms with van der Waals surface area (Å²) < 4.78 is 3.67. The van der Waals surface area contributed by atoms with E-state index in [9.17, 15) is 0 Å². The van der Waals surface area contributed by atoms with Crippen LogP contribution in [0.25, 0.3) is 10.4 Å². The van der Waals surface area contributed by atoms with E-state index in [-0.39, 0.29) is 6.61 Å². The smallest absolute Gasteiger partial charge is 0.213 e. The molecule has 82 valence electrons. The van der Waals surface area contributed by atoms with Gasteiger partial charge in [-0.1, -0.05) is 59.7 Å². The average Bonchev–Trinajstić information content (AvgIpc) is 2.08. The van der Waals surface area contributed by atoms with Crippen LogP contribution in [0.15, 0.2) is 5.11 Å². The van der Waals surface area contributed by atoms with Crippen LogP contribution in [0.3, 0.4) is 0 Å². The van der Waals surface area contributed by atoms with E-state index < -0.39 is 10.0 Å². The summed E-state index contributed by atoms with van der Waals surface area (Å²) in [5.74, 6) is 0. The number of unbranched alkanes of at least 4 members (excludes halogenated alkanes) is 1. The number of hydrogen-bond donors (Lipinski definition) is 0. The molecule has 0 aliphatic carbocycles. The fourth-order valence-electron chi connectivity index (χ4n) is 0.801. The Morgan fingerprint density at radius 1 is 1.50 bits per heavy atom. The Bertz CT molecular complexity index is 201. The Balaban J connectivity index is 3.90. The van der Waals surface area contributed by atoms with Gasteiger partial charge in [0.2, 0.25) is 3.79 Å². The maximum absolute atomic E-state index is 8.24. The molecule has 1 atom stereocenters. The molecule has 1 unspecified atom stereocenters. The van der Waals surface area contributed by atoms with Crippen molar-refractivity contribution in [1.82, 2.24) is 0 Å². The van der Waals surface area contributed by atoms with Gasteiger partial charge in [-0.25, -0.2) is 0 Å². The summed E-state index contributed by atoms with van der Waals surface area (Å²) in [7, 11) is 0. The number of nitrogens with zero attached hydrogens (tertiary/aromatic N) is 3. The average molecular weight is 261 g/mol. The Morgan fingerprint density at radius 2 is 2.14 bits per heavy atom. The molecule has 0 aliphatic heterocycles. The van der Waals surface area contributed by atoms with Gasteiger partial charge in [0.1, 0.15) is 6.23 Å². The van der Waals surface area contributed by atoms with Crippen LogP contribution < -0.4 is 0 Å². The van der Waals surface area contributed by atoms with Gasteiger partial charge >= 0.3 is 0 Å². The minimum absolute atomic E-state index is 0.0783. The number of ether oxygens (including phenoxy) is 1. The summed E-state index contributed by atoms with van der Waals surface area (Å²) in [6.45, 7) is 1.95. The molecule has 0 saturated carbocycles. The summed E-state index contributed by atoms with van der Waals surface area (Å²) in [6, 6.07) is 0. The van der Waals surface area contributed by atoms with Crippen molar-refractivity contribution in [2.45, 2.75) is 36.2 Å². The lowest BCUT2D eigenvalue weighted by molar-refractivity contribution is 0.0542. The third kappa shape index (κ3) is 8.73. The molecule has 0 amide bonds. The summed E-state index contributed by atoms with van der Waals surface area (Å²) in [5, 5.41) is 3.45. The van der Waals surface area contributed by atoms with E-state index >= 15 is 0 Å². The normalized spacial score (nSPS) is 13.4. The first-order chi connectivity index (χ1) is 6.49. The zero-order chi connectivity index (χ0) is 11.0. The molecule has 0 fully saturated rings. The topological polar surface area (TPSA) is 58.0 Å². The molecule has 0 aromatic rings. The van der Waals surface area contributed by atoms with Crippen LogP contribution in [0.2, 0.25) is 0 Å². The summed E-state index contributed by atoms with van der Waals surface area (Å²) in [4.78, 5) is 2.66. The summed E-state index contributed by atoms with van der Waals surface area (Å²) >= 11 is 16.4. The van der Waals surface area contributed by atoms with Crippen molar-refractivity contribution in [2.75, 3.05) is 6.61 Å². The van der Waals surface area contributed by atoms with Crippen LogP contribution in [0.1, 0.15) is 26.2 Å². The molecule has 0 aromatic carbocycles. The molecule has 4 nitrogen and oxygen atoms in total. The molecule has 0 N–H and O–H groups in total. The highest BCUT2D eigenvalue weighted by molar-refractivity contribution is 6.67. The van der Waals surface area contributed by atoms with Gasteiger partial charge < -0.3 is 4.74 Å². The molecule has 0 saturated heterocycles. The maximum atomic E-state index is 8.24. The van der Waals surface area contributed by atoms with Crippen LogP contribution >= 0.6 is 34.8 Å². The summed E-state index contributed by atoms with van der Waals surface area (Å²) in [6.07, 6.45) is 2.00. The minimum Gasteiger partial charge on any atom is -0.368 e. The van der Waals surface area contributed by atoms with Crippen molar-refractivity contribution in [3.8, 4) is 0 Å². The van der Waals surface area contributed by atoms with Gasteiger partial charge in [-0.3, -0.25) is 0 Å². The number of azide groups is 1. The van der Waals surface area contributed by atoms with E-state index in [2.05, 4.69) is 10.0 Å². The maximum Gasteiger partial charge on any atom is 0.213 e. The number of hydrogen-bond acceptors (Lipinski definition) is 2. The number of halogens is 3. The molecular weight excluding hydrogens is 248 g/mol. The van der Waals surface area contributed by atoms with Gasteiger partial charge in [0.15, 0.2) is 0 Å². The van der Waals surface area contributed by atoms with Gasteiger partial charge in [-0.2, -0.15) is 0 Å². The zero-order valence-corrected chi connectivity index (χ0v) is 10.1. The van der Waals surface area contributed by atoms with Crippen molar-refractivity contribution in [1.29, 1.82) is 0 Å². The van der Waals surface area contributed by atoms with Gasteiger partial charge in [0.25, 0.3) is 0 Å². The molecule has 7 heteroatoms. The lowest BCUT2D eigenvalue weighted by atomic mass is 10.2. The lowest BCUT2D eigenvalue weighted by Crippen LogP contribution is -2.19. The summed E-state index contributed by atoms with van der Waals surface area (Å²) in [5.41, 5.74) is 8.24. The van der Waals surface area contributed by atoms with Crippen LogP contribution in [-0.2, 0) is 4.74 Å². The van der Waals surface area contributed by atoms with E-state index in [4.69, 9.17) is 45.1 Å². The first-order valence-corrected chi connectivity index (χ1v) is 5.35. The molecule has 0 bridgehead atoms. The van der Waals surface area contributed by atoms with Crippen LogP contribution in [0, 0.1) is 0 Å². The van der Waals surface area contributed by atoms with Crippen LogP contribution in [0.5, 0.6) is 0 Å². The second-order valence-corrected chi connectivity index (χ2v) is 5.24. The highest BCUT2D eigenvalue weighted by atomic mass is 35.6. The van der Waals surface area contributed by atoms with E-state index in [1.165, 1.54) is 0 Å². The van der Waals surface area contributed by atoms with E-state index in [1.54, 1.807) is 0 Å². The molecule has 0 heterocycles. The molecule has 0 rings (SSSR count). The Morgan fingerprint density at radius 3 is 2.57 bits per heavy atom. The van der Waals surface area contributed by atoms with Crippen molar-refractivity contribution in [3.63, 3.8) is 0 Å². The van der Waals surface area contributed by atoms with E-state index in [0.717, 1.165) is 12.8 Å². The standard InChI is InChI=1S/C7H12Cl3N3O/c1-2-3-4-6(12-13-11)14-5-7(8,9)10/h6H,2-5H2,1H3. The van der Waals surface area contributed by atoms with E-state index in [0.29, 0.717) is 6.42 Å². The first kappa shape index (κ1) is 14.1. The third-order valence-corrected chi connectivity index (χ3v) is 1.75. The monoisotopic (exact) mass is 259 g/mol. The van der Waals surface area contributed by atoms with Gasteiger partial charge in [-0.15, -0.1) is 0 Å². The van der Waals surface area contributed by atoms with Gasteiger partial charge in [0.05, 0.1) is 6.61 Å². The lowest BCUT2D eigenvalue weighted by Gasteiger charge is -2.16. The Labute approximate surface area is 98.1 Å². The third-order valence-electron chi connectivity index (χ3n) is 1.42. The Kier molecular flexibility index (Phi) is 7.51. The van der Waals surface area contributed by atoms with Crippen LogP contribution in [-0.4, -0.2) is 16.6 Å². The molecular formula is C7H12Cl3N3O. The number of rotatable bonds is 6. The van der Waals surface area contributed by atoms with Crippen molar-refractivity contribution < 1.29 is 4.74 Å². The predicted molar refractivity (Wildman–Crippen MR) is 58.7 cm³/mol. The molecule has 0 spiro atoms. The SMILES string of the molecule is CCCCC(N=[N+]=[N-])OCC(Cl)(Cl)Cl.